The van der Waals surface area contributed by atoms with Gasteiger partial charge in [0, 0.05) is 32.7 Å². The van der Waals surface area contributed by atoms with Gasteiger partial charge in [-0.2, -0.15) is 0 Å². The van der Waals surface area contributed by atoms with Crippen LogP contribution in [0.25, 0.3) is 111 Å². The van der Waals surface area contributed by atoms with E-state index in [9.17, 15) is 0 Å². The summed E-state index contributed by atoms with van der Waals surface area (Å²) in [6.07, 6.45) is 0. The second kappa shape index (κ2) is 11.2. The molecule has 0 aliphatic carbocycles. The zero-order valence-corrected chi connectivity index (χ0v) is 27.7. The molecule has 0 spiro atoms. The van der Waals surface area contributed by atoms with E-state index in [1.165, 1.54) is 5.56 Å². The van der Waals surface area contributed by atoms with Crippen molar-refractivity contribution in [3.8, 4) is 45.3 Å². The highest BCUT2D eigenvalue weighted by atomic mass is 16.3. The van der Waals surface area contributed by atoms with E-state index in [2.05, 4.69) is 115 Å². The van der Waals surface area contributed by atoms with Gasteiger partial charge >= 0.3 is 0 Å². The molecular formula is C47H27N3O2. The van der Waals surface area contributed by atoms with E-state index in [0.717, 1.165) is 87.7 Å². The van der Waals surface area contributed by atoms with Crippen LogP contribution >= 0.6 is 0 Å². The summed E-state index contributed by atoms with van der Waals surface area (Å²) in [6, 6.07) is 56.4. The maximum atomic E-state index is 6.65. The summed E-state index contributed by atoms with van der Waals surface area (Å²) in [4.78, 5) is 15.7. The highest BCUT2D eigenvalue weighted by Crippen LogP contribution is 2.42. The van der Waals surface area contributed by atoms with Crippen molar-refractivity contribution in [3.63, 3.8) is 0 Å². The monoisotopic (exact) mass is 665 g/mol. The average Bonchev–Trinajstić information content (AvgIpc) is 3.80. The highest BCUT2D eigenvalue weighted by Gasteiger charge is 2.22. The van der Waals surface area contributed by atoms with Crippen LogP contribution in [0.15, 0.2) is 173 Å². The van der Waals surface area contributed by atoms with Crippen LogP contribution in [0.5, 0.6) is 0 Å². The molecule has 0 N–H and O–H groups in total. The van der Waals surface area contributed by atoms with E-state index >= 15 is 0 Å². The van der Waals surface area contributed by atoms with Crippen molar-refractivity contribution in [2.24, 2.45) is 0 Å². The summed E-state index contributed by atoms with van der Waals surface area (Å²) in [6.45, 7) is 0. The minimum absolute atomic E-state index is 0.540. The number of furan rings is 2. The Balaban J connectivity index is 1.20. The first-order valence-corrected chi connectivity index (χ1v) is 17.3. The normalized spacial score (nSPS) is 11.8. The molecule has 0 aliphatic rings. The molecule has 0 aliphatic heterocycles. The van der Waals surface area contributed by atoms with E-state index in [4.69, 9.17) is 23.8 Å². The van der Waals surface area contributed by atoms with E-state index in [1.807, 2.05) is 48.5 Å². The van der Waals surface area contributed by atoms with Crippen molar-refractivity contribution in [3.05, 3.63) is 164 Å². The molecule has 3 aromatic heterocycles. The lowest BCUT2D eigenvalue weighted by Crippen LogP contribution is -2.01. The SMILES string of the molecule is c1ccc(-c2ccc3ccc(-c4nc(-c5cc6ccccc6c6c5oc5ccccc56)nc(-c5cccc6oc7ccccc7c56)n4)cc3c2)cc1. The van der Waals surface area contributed by atoms with E-state index < -0.39 is 0 Å². The third kappa shape index (κ3) is 4.46. The maximum absolute atomic E-state index is 6.65. The molecule has 0 amide bonds. The summed E-state index contributed by atoms with van der Waals surface area (Å²) in [7, 11) is 0. The molecule has 3 heterocycles. The Morgan fingerprint density at radius 1 is 0.327 bits per heavy atom. The molecule has 0 fully saturated rings. The molecule has 5 nitrogen and oxygen atoms in total. The second-order valence-electron chi connectivity index (χ2n) is 13.2. The van der Waals surface area contributed by atoms with Gasteiger partial charge in [0.1, 0.15) is 22.3 Å². The van der Waals surface area contributed by atoms with E-state index in [-0.39, 0.29) is 0 Å². The van der Waals surface area contributed by atoms with Crippen molar-refractivity contribution in [2.75, 3.05) is 0 Å². The lowest BCUT2D eigenvalue weighted by atomic mass is 9.99. The number of hydrogen-bond acceptors (Lipinski definition) is 5. The first-order chi connectivity index (χ1) is 25.7. The van der Waals surface area contributed by atoms with Crippen LogP contribution in [-0.4, -0.2) is 15.0 Å². The Morgan fingerprint density at radius 3 is 1.77 bits per heavy atom. The summed E-state index contributed by atoms with van der Waals surface area (Å²) in [5.41, 5.74) is 8.09. The topological polar surface area (TPSA) is 65.0 Å². The van der Waals surface area contributed by atoms with Gasteiger partial charge in [0.2, 0.25) is 0 Å². The van der Waals surface area contributed by atoms with Crippen molar-refractivity contribution < 1.29 is 8.83 Å². The summed E-state index contributed by atoms with van der Waals surface area (Å²) in [5.74, 6) is 1.68. The minimum Gasteiger partial charge on any atom is -0.456 e. The second-order valence-corrected chi connectivity index (χ2v) is 13.2. The van der Waals surface area contributed by atoms with Crippen molar-refractivity contribution in [2.45, 2.75) is 0 Å². The summed E-state index contributed by atoms with van der Waals surface area (Å²) in [5, 5.41) is 8.56. The number of rotatable bonds is 4. The Hall–Kier alpha value is -7.11. The van der Waals surface area contributed by atoms with Crippen molar-refractivity contribution in [1.82, 2.24) is 15.0 Å². The number of benzene rings is 8. The molecule has 0 bridgehead atoms. The van der Waals surface area contributed by atoms with Crippen molar-refractivity contribution in [1.29, 1.82) is 0 Å². The molecule has 8 aromatic carbocycles. The van der Waals surface area contributed by atoms with Gasteiger partial charge in [0.05, 0.1) is 5.56 Å². The number of aromatic nitrogens is 3. The van der Waals surface area contributed by atoms with E-state index in [0.29, 0.717) is 17.5 Å². The predicted molar refractivity (Wildman–Crippen MR) is 211 cm³/mol. The average molecular weight is 666 g/mol. The fraction of sp³-hybridized carbons (Fsp3) is 0. The predicted octanol–water partition coefficient (Wildman–Crippen LogP) is 12.6. The summed E-state index contributed by atoms with van der Waals surface area (Å²) >= 11 is 0. The smallest absolute Gasteiger partial charge is 0.167 e. The van der Waals surface area contributed by atoms with Crippen LogP contribution in [0.3, 0.4) is 0 Å². The molecule has 52 heavy (non-hydrogen) atoms. The third-order valence-electron chi connectivity index (χ3n) is 10.1. The molecule has 0 atom stereocenters. The molecule has 0 unspecified atom stereocenters. The van der Waals surface area contributed by atoms with Gasteiger partial charge in [0.15, 0.2) is 17.5 Å². The van der Waals surface area contributed by atoms with Crippen molar-refractivity contribution >= 4 is 65.4 Å². The van der Waals surface area contributed by atoms with Crippen LogP contribution in [-0.2, 0) is 0 Å². The Bertz CT molecular complexity index is 3190. The highest BCUT2D eigenvalue weighted by molar-refractivity contribution is 6.22. The van der Waals surface area contributed by atoms with Crippen LogP contribution in [0.4, 0.5) is 0 Å². The molecule has 0 radical (unpaired) electrons. The van der Waals surface area contributed by atoms with Gasteiger partial charge < -0.3 is 8.83 Å². The molecular weight excluding hydrogens is 639 g/mol. The zero-order valence-electron chi connectivity index (χ0n) is 27.7. The fourth-order valence-corrected chi connectivity index (χ4v) is 7.64. The Morgan fingerprint density at radius 2 is 0.942 bits per heavy atom. The zero-order chi connectivity index (χ0) is 34.2. The third-order valence-corrected chi connectivity index (χ3v) is 10.1. The number of para-hydroxylation sites is 2. The quantitative estimate of drug-likeness (QED) is 0.187. The van der Waals surface area contributed by atoms with Gasteiger partial charge in [-0.3, -0.25) is 0 Å². The lowest BCUT2D eigenvalue weighted by molar-refractivity contribution is 0.668. The standard InChI is InChI=1S/C47H27N3O2/c1-2-11-28(12-3-1)30-23-21-29-22-24-32(26-33(29)25-30)45-48-46(37-17-10-20-41-42(37)35-15-6-8-18-39(35)51-41)50-47(49-45)38-27-31-13-4-5-14-34(31)43-36-16-7-9-19-40(36)52-44(38)43/h1-27H. The molecule has 11 aromatic rings. The van der Waals surface area contributed by atoms with Gasteiger partial charge in [-0.15, -0.1) is 0 Å². The van der Waals surface area contributed by atoms with E-state index in [1.54, 1.807) is 0 Å². The lowest BCUT2D eigenvalue weighted by Gasteiger charge is -2.11. The number of fused-ring (bicyclic) bond motifs is 9. The molecule has 0 saturated heterocycles. The van der Waals surface area contributed by atoms with Crippen LogP contribution in [0.2, 0.25) is 0 Å². The van der Waals surface area contributed by atoms with Crippen LogP contribution in [0, 0.1) is 0 Å². The van der Waals surface area contributed by atoms with Gasteiger partial charge in [-0.1, -0.05) is 127 Å². The maximum Gasteiger partial charge on any atom is 0.167 e. The van der Waals surface area contributed by atoms with Gasteiger partial charge in [0.25, 0.3) is 0 Å². The first kappa shape index (κ1) is 28.7. The first-order valence-electron chi connectivity index (χ1n) is 17.3. The van der Waals surface area contributed by atoms with Crippen LogP contribution in [0.1, 0.15) is 0 Å². The Labute approximate surface area is 297 Å². The molecule has 11 rings (SSSR count). The summed E-state index contributed by atoms with van der Waals surface area (Å²) < 4.78 is 12.9. The molecule has 5 heteroatoms. The molecule has 0 saturated carbocycles. The largest absolute Gasteiger partial charge is 0.456 e. The number of hydrogen-bond donors (Lipinski definition) is 0. The van der Waals surface area contributed by atoms with Gasteiger partial charge in [-0.25, -0.2) is 15.0 Å². The Kier molecular flexibility index (Phi) is 6.18. The number of nitrogens with zero attached hydrogens (tertiary/aromatic N) is 3. The van der Waals surface area contributed by atoms with Gasteiger partial charge in [-0.05, 0) is 69.1 Å². The fourth-order valence-electron chi connectivity index (χ4n) is 7.64. The molecule has 242 valence electrons. The minimum atomic E-state index is 0.540. The van der Waals surface area contributed by atoms with Crippen LogP contribution < -0.4 is 0 Å².